The standard InChI is InChI=1S/C11H17N3O4/c1-3-7(2)9(10(15)16)14-11(17)12-6-8-4-5-13-18-8/h4-5,7,9H,3,6H2,1-2H3,(H,15,16)(H2,12,14,17)/t7?,9-/m0/s1. The third kappa shape index (κ3) is 4.08. The summed E-state index contributed by atoms with van der Waals surface area (Å²) >= 11 is 0. The van der Waals surface area contributed by atoms with Gasteiger partial charge in [0, 0.05) is 6.07 Å². The molecule has 7 heteroatoms. The molecule has 1 unspecified atom stereocenters. The van der Waals surface area contributed by atoms with Crippen molar-refractivity contribution in [2.45, 2.75) is 32.9 Å². The maximum absolute atomic E-state index is 11.5. The van der Waals surface area contributed by atoms with E-state index >= 15 is 0 Å². The number of amides is 2. The number of nitrogens with zero attached hydrogens (tertiary/aromatic N) is 1. The molecule has 0 radical (unpaired) electrons. The Kier molecular flexibility index (Phi) is 5.16. The number of aliphatic carboxylic acids is 1. The molecule has 100 valence electrons. The van der Waals surface area contributed by atoms with Crippen molar-refractivity contribution < 1.29 is 19.2 Å². The highest BCUT2D eigenvalue weighted by Crippen LogP contribution is 2.07. The van der Waals surface area contributed by atoms with E-state index in [1.807, 2.05) is 6.92 Å². The number of carbonyl (C=O) groups is 2. The van der Waals surface area contributed by atoms with E-state index in [0.717, 1.165) is 0 Å². The van der Waals surface area contributed by atoms with Gasteiger partial charge in [0.15, 0.2) is 5.76 Å². The van der Waals surface area contributed by atoms with Gasteiger partial charge in [0.2, 0.25) is 0 Å². The van der Waals surface area contributed by atoms with Gasteiger partial charge in [-0.1, -0.05) is 25.4 Å². The van der Waals surface area contributed by atoms with E-state index < -0.39 is 18.0 Å². The second-order valence-corrected chi connectivity index (χ2v) is 4.01. The van der Waals surface area contributed by atoms with Crippen LogP contribution in [0, 0.1) is 5.92 Å². The molecular formula is C11H17N3O4. The lowest BCUT2D eigenvalue weighted by molar-refractivity contribution is -0.140. The summed E-state index contributed by atoms with van der Waals surface area (Å²) in [5.74, 6) is -0.682. The zero-order valence-corrected chi connectivity index (χ0v) is 10.3. The molecule has 1 aromatic rings. The first kappa shape index (κ1) is 14.0. The van der Waals surface area contributed by atoms with Crippen molar-refractivity contribution >= 4 is 12.0 Å². The number of rotatable bonds is 6. The zero-order chi connectivity index (χ0) is 13.5. The van der Waals surface area contributed by atoms with Crippen LogP contribution in [0.3, 0.4) is 0 Å². The van der Waals surface area contributed by atoms with E-state index in [-0.39, 0.29) is 12.5 Å². The summed E-state index contributed by atoms with van der Waals surface area (Å²) in [4.78, 5) is 22.5. The van der Waals surface area contributed by atoms with E-state index in [0.29, 0.717) is 12.2 Å². The fraction of sp³-hybridized carbons (Fsp3) is 0.545. The lowest BCUT2D eigenvalue weighted by Gasteiger charge is -2.20. The highest BCUT2D eigenvalue weighted by atomic mass is 16.5. The van der Waals surface area contributed by atoms with E-state index in [9.17, 15) is 9.59 Å². The number of carboxylic acids is 1. The number of aromatic nitrogens is 1. The summed E-state index contributed by atoms with van der Waals surface area (Å²) in [5.41, 5.74) is 0. The van der Waals surface area contributed by atoms with Gasteiger partial charge in [-0.15, -0.1) is 0 Å². The molecule has 0 aliphatic rings. The number of nitrogens with one attached hydrogen (secondary N) is 2. The van der Waals surface area contributed by atoms with Gasteiger partial charge in [0.1, 0.15) is 6.04 Å². The lowest BCUT2D eigenvalue weighted by Crippen LogP contribution is -2.48. The van der Waals surface area contributed by atoms with Crippen LogP contribution in [0.2, 0.25) is 0 Å². The second-order valence-electron chi connectivity index (χ2n) is 4.01. The summed E-state index contributed by atoms with van der Waals surface area (Å²) < 4.78 is 4.80. The summed E-state index contributed by atoms with van der Waals surface area (Å²) in [6.07, 6.45) is 2.13. The first-order valence-corrected chi connectivity index (χ1v) is 5.71. The number of urea groups is 1. The highest BCUT2D eigenvalue weighted by molar-refractivity contribution is 5.82. The van der Waals surface area contributed by atoms with Crippen LogP contribution in [0.25, 0.3) is 0 Å². The Hall–Kier alpha value is -2.05. The quantitative estimate of drug-likeness (QED) is 0.702. The van der Waals surface area contributed by atoms with Crippen molar-refractivity contribution in [1.29, 1.82) is 0 Å². The number of hydrogen-bond acceptors (Lipinski definition) is 4. The number of carbonyl (C=O) groups excluding carboxylic acids is 1. The monoisotopic (exact) mass is 255 g/mol. The Bertz CT molecular complexity index is 391. The molecule has 0 aliphatic carbocycles. The van der Waals surface area contributed by atoms with E-state index in [1.54, 1.807) is 13.0 Å². The molecule has 0 fully saturated rings. The molecule has 2 amide bonds. The van der Waals surface area contributed by atoms with E-state index in [1.165, 1.54) is 6.20 Å². The van der Waals surface area contributed by atoms with Crippen molar-refractivity contribution in [3.05, 3.63) is 18.0 Å². The van der Waals surface area contributed by atoms with Crippen molar-refractivity contribution in [2.75, 3.05) is 0 Å². The third-order valence-electron chi connectivity index (χ3n) is 2.68. The second kappa shape index (κ2) is 6.63. The zero-order valence-electron chi connectivity index (χ0n) is 10.3. The Morgan fingerprint density at radius 2 is 2.28 bits per heavy atom. The first-order chi connectivity index (χ1) is 8.54. The van der Waals surface area contributed by atoms with Gasteiger partial charge in [-0.05, 0) is 5.92 Å². The van der Waals surface area contributed by atoms with Crippen molar-refractivity contribution in [1.82, 2.24) is 15.8 Å². The van der Waals surface area contributed by atoms with Gasteiger partial charge in [-0.25, -0.2) is 9.59 Å². The van der Waals surface area contributed by atoms with Crippen LogP contribution in [-0.2, 0) is 11.3 Å². The van der Waals surface area contributed by atoms with Crippen molar-refractivity contribution in [3.8, 4) is 0 Å². The van der Waals surface area contributed by atoms with Gasteiger partial charge < -0.3 is 20.3 Å². The molecule has 7 nitrogen and oxygen atoms in total. The Labute approximate surface area is 105 Å². The molecular weight excluding hydrogens is 238 g/mol. The molecule has 18 heavy (non-hydrogen) atoms. The predicted molar refractivity (Wildman–Crippen MR) is 62.8 cm³/mol. The normalized spacial score (nSPS) is 13.7. The van der Waals surface area contributed by atoms with E-state index in [2.05, 4.69) is 15.8 Å². The van der Waals surface area contributed by atoms with Gasteiger partial charge >= 0.3 is 12.0 Å². The third-order valence-corrected chi connectivity index (χ3v) is 2.68. The molecule has 1 aromatic heterocycles. The number of hydrogen-bond donors (Lipinski definition) is 3. The summed E-state index contributed by atoms with van der Waals surface area (Å²) in [7, 11) is 0. The average Bonchev–Trinajstić information content (AvgIpc) is 2.85. The Morgan fingerprint density at radius 3 is 2.78 bits per heavy atom. The smallest absolute Gasteiger partial charge is 0.326 e. The van der Waals surface area contributed by atoms with Crippen LogP contribution >= 0.6 is 0 Å². The SMILES string of the molecule is CCC(C)[C@H](NC(=O)NCc1ccno1)C(=O)O. The fourth-order valence-corrected chi connectivity index (χ4v) is 1.38. The van der Waals surface area contributed by atoms with E-state index in [4.69, 9.17) is 9.63 Å². The molecule has 2 atom stereocenters. The van der Waals surface area contributed by atoms with Crippen LogP contribution in [0.5, 0.6) is 0 Å². The molecule has 1 rings (SSSR count). The molecule has 0 saturated heterocycles. The summed E-state index contributed by atoms with van der Waals surface area (Å²) in [6.45, 7) is 3.81. The highest BCUT2D eigenvalue weighted by Gasteiger charge is 2.25. The van der Waals surface area contributed by atoms with Gasteiger partial charge in [-0.3, -0.25) is 0 Å². The van der Waals surface area contributed by atoms with Crippen LogP contribution in [0.1, 0.15) is 26.0 Å². The van der Waals surface area contributed by atoms with Gasteiger partial charge in [0.25, 0.3) is 0 Å². The summed E-state index contributed by atoms with van der Waals surface area (Å²) in [6, 6.07) is 0.174. The van der Waals surface area contributed by atoms with Crippen molar-refractivity contribution in [3.63, 3.8) is 0 Å². The van der Waals surface area contributed by atoms with Crippen LogP contribution in [0.4, 0.5) is 4.79 Å². The first-order valence-electron chi connectivity index (χ1n) is 5.71. The molecule has 0 spiro atoms. The molecule has 0 aliphatic heterocycles. The lowest BCUT2D eigenvalue weighted by atomic mass is 9.99. The fourth-order valence-electron chi connectivity index (χ4n) is 1.38. The number of carboxylic acid groups (broad SMARTS) is 1. The van der Waals surface area contributed by atoms with Crippen molar-refractivity contribution in [2.24, 2.45) is 5.92 Å². The minimum Gasteiger partial charge on any atom is -0.480 e. The van der Waals surface area contributed by atoms with Crippen LogP contribution in [0.15, 0.2) is 16.8 Å². The summed E-state index contributed by atoms with van der Waals surface area (Å²) in [5, 5.41) is 17.4. The van der Waals surface area contributed by atoms with Gasteiger partial charge in [-0.2, -0.15) is 0 Å². The maximum atomic E-state index is 11.5. The largest absolute Gasteiger partial charge is 0.480 e. The molecule has 3 N–H and O–H groups in total. The Morgan fingerprint density at radius 1 is 1.56 bits per heavy atom. The predicted octanol–water partition coefficient (Wildman–Crippen LogP) is 0.973. The average molecular weight is 255 g/mol. The molecule has 0 aromatic carbocycles. The minimum atomic E-state index is -1.04. The molecule has 0 bridgehead atoms. The maximum Gasteiger partial charge on any atom is 0.326 e. The topological polar surface area (TPSA) is 104 Å². The molecule has 0 saturated carbocycles. The molecule has 1 heterocycles. The van der Waals surface area contributed by atoms with Crippen LogP contribution in [-0.4, -0.2) is 28.3 Å². The minimum absolute atomic E-state index is 0.140. The Balaban J connectivity index is 2.44. The van der Waals surface area contributed by atoms with Gasteiger partial charge in [0.05, 0.1) is 12.7 Å². The van der Waals surface area contributed by atoms with Crippen LogP contribution < -0.4 is 10.6 Å².